The third kappa shape index (κ3) is 8.53. The lowest BCUT2D eigenvalue weighted by Crippen LogP contribution is -2.58. The quantitative estimate of drug-likeness (QED) is 0.279. The molecule has 5 aliphatic rings. The van der Waals surface area contributed by atoms with Crippen molar-refractivity contribution in [3.05, 3.63) is 42.0 Å². The lowest BCUT2D eigenvalue weighted by Gasteiger charge is -2.33. The molecule has 0 bridgehead atoms. The van der Waals surface area contributed by atoms with Crippen LogP contribution in [-0.4, -0.2) is 103 Å². The number of carbonyl (C=O) groups is 4. The number of aromatic nitrogens is 1. The van der Waals surface area contributed by atoms with Crippen LogP contribution >= 0.6 is 0 Å². The highest BCUT2D eigenvalue weighted by Crippen LogP contribution is 2.47. The van der Waals surface area contributed by atoms with Crippen LogP contribution < -0.4 is 19.5 Å². The largest absolute Gasteiger partial charge is 0.497 e. The average molecular weight is 794 g/mol. The Morgan fingerprint density at radius 1 is 1.02 bits per heavy atom. The van der Waals surface area contributed by atoms with Crippen molar-refractivity contribution in [2.24, 2.45) is 23.7 Å². The molecule has 304 valence electrons. The second-order valence-electron chi connectivity index (χ2n) is 17.3. The number of hydrogen-bond donors (Lipinski definition) is 2. The summed E-state index contributed by atoms with van der Waals surface area (Å²) in [6.07, 6.45) is 8.65. The van der Waals surface area contributed by atoms with Crippen molar-refractivity contribution < 1.29 is 41.8 Å². The Morgan fingerprint density at radius 3 is 2.52 bits per heavy atom. The molecule has 14 nitrogen and oxygen atoms in total. The number of nitrogens with zero attached hydrogens (tertiary/aromatic N) is 3. The summed E-state index contributed by atoms with van der Waals surface area (Å²) in [6, 6.07) is 6.70. The molecule has 1 aromatic heterocycles. The second kappa shape index (κ2) is 15.6. The van der Waals surface area contributed by atoms with Crippen LogP contribution in [0.25, 0.3) is 10.9 Å². The molecule has 1 aromatic carbocycles. The van der Waals surface area contributed by atoms with Crippen molar-refractivity contribution in [2.45, 2.75) is 108 Å². The van der Waals surface area contributed by atoms with Crippen LogP contribution in [0.15, 0.2) is 36.4 Å². The van der Waals surface area contributed by atoms with Gasteiger partial charge in [-0.1, -0.05) is 25.0 Å². The van der Waals surface area contributed by atoms with Gasteiger partial charge in [0.2, 0.25) is 27.7 Å². The van der Waals surface area contributed by atoms with Gasteiger partial charge < -0.3 is 24.4 Å². The van der Waals surface area contributed by atoms with Crippen LogP contribution in [0.4, 0.5) is 0 Å². The number of fused-ring (bicyclic) bond motifs is 5. The Bertz CT molecular complexity index is 2010. The van der Waals surface area contributed by atoms with E-state index in [1.807, 2.05) is 36.4 Å². The van der Waals surface area contributed by atoms with Gasteiger partial charge in [0.15, 0.2) is 0 Å². The number of ether oxygens (including phenoxy) is 3. The number of likely N-dealkylation sites (tertiary alicyclic amines) is 1. The van der Waals surface area contributed by atoms with Crippen molar-refractivity contribution in [2.75, 3.05) is 33.9 Å². The molecule has 3 amide bonds. The molecule has 2 N–H and O–H groups in total. The molecule has 7 rings (SSSR count). The van der Waals surface area contributed by atoms with Gasteiger partial charge in [-0.2, -0.15) is 0 Å². The van der Waals surface area contributed by atoms with Crippen LogP contribution in [0.3, 0.4) is 0 Å². The minimum Gasteiger partial charge on any atom is -0.497 e. The maximum atomic E-state index is 14.8. The number of rotatable bonds is 9. The Balaban J connectivity index is 1.19. The molecule has 0 spiro atoms. The van der Waals surface area contributed by atoms with Gasteiger partial charge in [0.05, 0.1) is 31.4 Å². The van der Waals surface area contributed by atoms with E-state index in [0.717, 1.165) is 42.1 Å². The van der Waals surface area contributed by atoms with Crippen molar-refractivity contribution in [3.8, 4) is 11.6 Å². The number of sulfonamides is 1. The zero-order valence-electron chi connectivity index (χ0n) is 33.0. The smallest absolute Gasteiger partial charge is 0.307 e. The second-order valence-corrected chi connectivity index (χ2v) is 19.2. The van der Waals surface area contributed by atoms with Gasteiger partial charge >= 0.3 is 5.97 Å². The number of amides is 3. The van der Waals surface area contributed by atoms with E-state index in [-0.39, 0.29) is 36.5 Å². The fourth-order valence-corrected chi connectivity index (χ4v) is 10.2. The van der Waals surface area contributed by atoms with Crippen LogP contribution in [-0.2, 0) is 40.5 Å². The van der Waals surface area contributed by atoms with Crippen molar-refractivity contribution in [3.63, 3.8) is 0 Å². The number of methoxy groups -OCH3 is 2. The number of nitrogens with one attached hydrogen (secondary N) is 2. The molecule has 4 fully saturated rings. The fourth-order valence-electron chi connectivity index (χ4n) is 8.87. The van der Waals surface area contributed by atoms with Gasteiger partial charge in [-0.15, -0.1) is 0 Å². The highest BCUT2D eigenvalue weighted by Gasteiger charge is 2.63. The third-order valence-electron chi connectivity index (χ3n) is 11.9. The predicted octanol–water partition coefficient (Wildman–Crippen LogP) is 3.86. The highest BCUT2D eigenvalue weighted by atomic mass is 32.2. The third-order valence-corrected chi connectivity index (χ3v) is 13.7. The fraction of sp³-hybridized carbons (Fsp3) is 0.634. The van der Waals surface area contributed by atoms with Crippen LogP contribution in [0, 0.1) is 23.7 Å². The molecule has 3 aliphatic heterocycles. The van der Waals surface area contributed by atoms with Crippen LogP contribution in [0.1, 0.15) is 84.1 Å². The first-order valence-corrected chi connectivity index (χ1v) is 21.5. The van der Waals surface area contributed by atoms with Crippen molar-refractivity contribution >= 4 is 44.6 Å². The molecule has 0 radical (unpaired) electrons. The summed E-state index contributed by atoms with van der Waals surface area (Å²) in [5.74, 6) is -2.24. The molecular formula is C41H55N5O9S. The van der Waals surface area contributed by atoms with E-state index in [1.54, 1.807) is 39.9 Å². The molecule has 2 aliphatic carbocycles. The zero-order chi connectivity index (χ0) is 40.0. The summed E-state index contributed by atoms with van der Waals surface area (Å²) < 4.78 is 44.8. The minimum atomic E-state index is -3.88. The van der Waals surface area contributed by atoms with Crippen LogP contribution in [0.2, 0.25) is 0 Å². The van der Waals surface area contributed by atoms with E-state index in [1.165, 1.54) is 0 Å². The molecule has 0 unspecified atom stereocenters. The van der Waals surface area contributed by atoms with E-state index < -0.39 is 56.2 Å². The number of carbonyl (C=O) groups excluding carboxylic acids is 4. The maximum absolute atomic E-state index is 14.8. The summed E-state index contributed by atoms with van der Waals surface area (Å²) in [5.41, 5.74) is -0.453. The molecular weight excluding hydrogens is 739 g/mol. The Morgan fingerprint density at radius 2 is 1.80 bits per heavy atom. The number of esters is 1. The molecule has 56 heavy (non-hydrogen) atoms. The lowest BCUT2D eigenvalue weighted by molar-refractivity contribution is -0.159. The molecule has 4 heterocycles. The summed E-state index contributed by atoms with van der Waals surface area (Å²) in [5, 5.41) is 3.35. The zero-order valence-corrected chi connectivity index (χ0v) is 33.9. The number of benzene rings is 1. The Hall–Kier alpha value is -4.24. The molecule has 15 heteroatoms. The van der Waals surface area contributed by atoms with E-state index in [4.69, 9.17) is 14.2 Å². The summed E-state index contributed by atoms with van der Waals surface area (Å²) in [7, 11) is -0.700. The Labute approximate surface area is 329 Å². The monoisotopic (exact) mass is 793 g/mol. The van der Waals surface area contributed by atoms with Crippen molar-refractivity contribution in [1.82, 2.24) is 24.8 Å². The summed E-state index contributed by atoms with van der Waals surface area (Å²) in [6.45, 7) is 7.31. The lowest BCUT2D eigenvalue weighted by atomic mass is 9.92. The van der Waals surface area contributed by atoms with Gasteiger partial charge in [0.1, 0.15) is 22.9 Å². The number of pyridine rings is 1. The highest BCUT2D eigenvalue weighted by molar-refractivity contribution is 7.91. The topological polar surface area (TPSA) is 174 Å². The predicted molar refractivity (Wildman–Crippen MR) is 208 cm³/mol. The normalized spacial score (nSPS) is 29.2. The first-order chi connectivity index (χ1) is 26.6. The Kier molecular flexibility index (Phi) is 11.1. The SMILES string of the molecule is COc1ccc2c(CN3C[C@H]4CN5C(=O)[C@H](CC(=O)OC(C)(C)C)CCCCC/C=C\[C@@H]6C[C@@]6(C(=O)NS(=O)(=O)C6CC6)NC(=O)[C@@H]5[C@H]4C3)cc(OC)nc2c1. The van der Waals surface area contributed by atoms with E-state index in [9.17, 15) is 27.6 Å². The molecule has 6 atom stereocenters. The van der Waals surface area contributed by atoms with E-state index in [0.29, 0.717) is 57.1 Å². The molecule has 2 saturated carbocycles. The van der Waals surface area contributed by atoms with Gasteiger partial charge in [0.25, 0.3) is 5.91 Å². The van der Waals surface area contributed by atoms with E-state index >= 15 is 0 Å². The summed E-state index contributed by atoms with van der Waals surface area (Å²) in [4.78, 5) is 65.0. The first-order valence-electron chi connectivity index (χ1n) is 19.9. The van der Waals surface area contributed by atoms with Gasteiger partial charge in [0, 0.05) is 61.5 Å². The minimum absolute atomic E-state index is 0.0687. The van der Waals surface area contributed by atoms with E-state index in [2.05, 4.69) is 19.9 Å². The number of hydrogen-bond acceptors (Lipinski definition) is 11. The standard InChI is InChI=1S/C41H55N5O9S/c1-40(2,3)55-35(47)18-25-11-9-7-6-8-10-12-28-20-41(28,39(50)44-56(51,52)30-14-15-30)43-37(48)36-32-24-45(22-27(32)23-46(36)38(25)49)21-26-17-34(54-5)42-33-19-29(53-4)13-16-31(26)33/h10,12-13,16-17,19,25,27-28,30,32,36H,6-9,11,14-15,18,20-24H2,1-5H3,(H,43,48)(H,44,50)/b12-10-/t25-,27-,28+,32-,36-,41+/m0/s1. The first kappa shape index (κ1) is 40.0. The van der Waals surface area contributed by atoms with Gasteiger partial charge in [-0.3, -0.25) is 28.8 Å². The maximum Gasteiger partial charge on any atom is 0.307 e. The molecule has 2 saturated heterocycles. The summed E-state index contributed by atoms with van der Waals surface area (Å²) >= 11 is 0. The van der Waals surface area contributed by atoms with Gasteiger partial charge in [-0.05, 0) is 82.9 Å². The molecule has 2 aromatic rings. The average Bonchev–Trinajstić information content (AvgIpc) is 4.04. The number of allylic oxidation sites excluding steroid dienone is 1. The van der Waals surface area contributed by atoms with Crippen molar-refractivity contribution in [1.29, 1.82) is 0 Å². The van der Waals surface area contributed by atoms with Crippen LogP contribution in [0.5, 0.6) is 11.6 Å². The van der Waals surface area contributed by atoms with Gasteiger partial charge in [-0.25, -0.2) is 13.4 Å².